The number of anilines is 1. The Balaban J connectivity index is 1.79. The second kappa shape index (κ2) is 8.93. The normalized spacial score (nSPS) is 12.4. The van der Waals surface area contributed by atoms with Gasteiger partial charge >= 0.3 is 0 Å². The van der Waals surface area contributed by atoms with E-state index in [9.17, 15) is 13.2 Å². The highest BCUT2D eigenvalue weighted by atomic mass is 35.5. The minimum atomic E-state index is -3.74. The number of carbonyl (C=O) groups is 1. The summed E-state index contributed by atoms with van der Waals surface area (Å²) in [6.45, 7) is 1.82. The van der Waals surface area contributed by atoms with Crippen molar-refractivity contribution in [2.24, 2.45) is 0 Å². The van der Waals surface area contributed by atoms with Gasteiger partial charge in [0, 0.05) is 6.54 Å². The Morgan fingerprint density at radius 3 is 2.43 bits per heavy atom. The molecular weight excluding hydrogens is 424 g/mol. The predicted octanol–water partition coefficient (Wildman–Crippen LogP) is 3.97. The molecule has 1 N–H and O–H groups in total. The van der Waals surface area contributed by atoms with Crippen molar-refractivity contribution >= 4 is 44.0 Å². The Morgan fingerprint density at radius 2 is 1.80 bits per heavy atom. The Bertz CT molecular complexity index is 1180. The van der Waals surface area contributed by atoms with Gasteiger partial charge in [-0.05, 0) is 47.5 Å². The number of carbonyl (C=O) groups excluding carboxylic acids is 1. The average molecular weight is 447 g/mol. The van der Waals surface area contributed by atoms with Crippen LogP contribution >= 0.6 is 11.6 Å². The number of halogens is 1. The highest BCUT2D eigenvalue weighted by Crippen LogP contribution is 2.31. The summed E-state index contributed by atoms with van der Waals surface area (Å²) < 4.78 is 31.0. The van der Waals surface area contributed by atoms with E-state index in [4.69, 9.17) is 16.3 Å². The minimum Gasteiger partial charge on any atom is -0.495 e. The van der Waals surface area contributed by atoms with E-state index in [2.05, 4.69) is 5.32 Å². The summed E-state index contributed by atoms with van der Waals surface area (Å²) in [6, 6.07) is 17.5. The molecule has 0 fully saturated rings. The van der Waals surface area contributed by atoms with Gasteiger partial charge in [-0.3, -0.25) is 9.10 Å². The number of hydrogen-bond donors (Lipinski definition) is 1. The molecular formula is C22H23ClN2O4S. The third-order valence-corrected chi connectivity index (χ3v) is 6.30. The zero-order chi connectivity index (χ0) is 21.9. The number of methoxy groups -OCH3 is 1. The van der Waals surface area contributed by atoms with Gasteiger partial charge in [0.25, 0.3) is 0 Å². The molecule has 3 rings (SSSR count). The number of nitrogens with zero attached hydrogens (tertiary/aromatic N) is 1. The first-order valence-corrected chi connectivity index (χ1v) is 11.5. The van der Waals surface area contributed by atoms with Gasteiger partial charge in [-0.15, -0.1) is 0 Å². The molecule has 1 unspecified atom stereocenters. The number of ether oxygens (including phenoxy) is 1. The van der Waals surface area contributed by atoms with E-state index in [1.165, 1.54) is 20.1 Å². The highest BCUT2D eigenvalue weighted by Gasteiger charge is 2.29. The molecule has 0 aliphatic rings. The maximum Gasteiger partial charge on any atom is 0.243 e. The largest absolute Gasteiger partial charge is 0.495 e. The molecule has 0 aliphatic heterocycles. The van der Waals surface area contributed by atoms with Crippen molar-refractivity contribution in [2.75, 3.05) is 17.7 Å². The van der Waals surface area contributed by atoms with Crippen molar-refractivity contribution in [2.45, 2.75) is 19.5 Å². The van der Waals surface area contributed by atoms with Crippen LogP contribution in [0.15, 0.2) is 60.7 Å². The Morgan fingerprint density at radius 1 is 1.10 bits per heavy atom. The Labute approximate surface area is 181 Å². The van der Waals surface area contributed by atoms with Gasteiger partial charge < -0.3 is 10.1 Å². The fraction of sp³-hybridized carbons (Fsp3) is 0.227. The van der Waals surface area contributed by atoms with Crippen LogP contribution in [0.4, 0.5) is 5.69 Å². The van der Waals surface area contributed by atoms with Crippen molar-refractivity contribution in [3.05, 3.63) is 71.2 Å². The van der Waals surface area contributed by atoms with Crippen LogP contribution in [0.2, 0.25) is 5.02 Å². The van der Waals surface area contributed by atoms with Crippen LogP contribution in [0.1, 0.15) is 12.5 Å². The molecule has 0 spiro atoms. The molecule has 0 saturated carbocycles. The minimum absolute atomic E-state index is 0.257. The van der Waals surface area contributed by atoms with E-state index >= 15 is 0 Å². The van der Waals surface area contributed by atoms with Gasteiger partial charge in [-0.1, -0.05) is 48.0 Å². The second-order valence-corrected chi connectivity index (χ2v) is 9.22. The molecule has 158 valence electrons. The van der Waals surface area contributed by atoms with Gasteiger partial charge in [-0.2, -0.15) is 0 Å². The Kier molecular flexibility index (Phi) is 6.53. The van der Waals surface area contributed by atoms with Crippen molar-refractivity contribution in [3.8, 4) is 5.75 Å². The number of sulfonamides is 1. The Hall–Kier alpha value is -2.77. The lowest BCUT2D eigenvalue weighted by atomic mass is 10.1. The number of fused-ring (bicyclic) bond motifs is 1. The molecule has 30 heavy (non-hydrogen) atoms. The first-order chi connectivity index (χ1) is 14.2. The molecule has 1 atom stereocenters. The fourth-order valence-corrected chi connectivity index (χ4v) is 4.71. The molecule has 0 aromatic heterocycles. The number of benzene rings is 3. The van der Waals surface area contributed by atoms with Gasteiger partial charge in [-0.25, -0.2) is 8.42 Å². The molecule has 0 radical (unpaired) electrons. The van der Waals surface area contributed by atoms with Crippen LogP contribution in [0.3, 0.4) is 0 Å². The number of amides is 1. The smallest absolute Gasteiger partial charge is 0.243 e. The zero-order valence-electron chi connectivity index (χ0n) is 16.9. The molecule has 3 aromatic carbocycles. The molecule has 0 saturated heterocycles. The molecule has 0 bridgehead atoms. The third-order valence-electron chi connectivity index (χ3n) is 4.76. The SMILES string of the molecule is COc1ccc(N(C(C)C(=O)NCc2ccc3ccccc3c2)S(C)(=O)=O)cc1Cl. The molecule has 0 heterocycles. The summed E-state index contributed by atoms with van der Waals surface area (Å²) in [4.78, 5) is 12.8. The monoisotopic (exact) mass is 446 g/mol. The van der Waals surface area contributed by atoms with E-state index < -0.39 is 22.0 Å². The van der Waals surface area contributed by atoms with Gasteiger partial charge in [0.15, 0.2) is 0 Å². The summed E-state index contributed by atoms with van der Waals surface area (Å²) in [5.74, 6) is 0.00259. The lowest BCUT2D eigenvalue weighted by molar-refractivity contribution is -0.122. The average Bonchev–Trinajstić information content (AvgIpc) is 2.71. The van der Waals surface area contributed by atoms with E-state index in [0.717, 1.165) is 26.9 Å². The van der Waals surface area contributed by atoms with E-state index in [1.807, 2.05) is 42.5 Å². The van der Waals surface area contributed by atoms with E-state index in [1.54, 1.807) is 12.1 Å². The molecule has 3 aromatic rings. The molecule has 6 nitrogen and oxygen atoms in total. The van der Waals surface area contributed by atoms with Crippen molar-refractivity contribution in [1.82, 2.24) is 5.32 Å². The van der Waals surface area contributed by atoms with Crippen molar-refractivity contribution < 1.29 is 17.9 Å². The predicted molar refractivity (Wildman–Crippen MR) is 121 cm³/mol. The summed E-state index contributed by atoms with van der Waals surface area (Å²) in [5.41, 5.74) is 1.21. The standard InChI is InChI=1S/C22H23ClN2O4S/c1-15(25(30(3,27)28)19-10-11-21(29-2)20(23)13-19)22(26)24-14-16-8-9-17-6-4-5-7-18(17)12-16/h4-13,15H,14H2,1-3H3,(H,24,26). The van der Waals surface area contributed by atoms with Crippen LogP contribution in [0.25, 0.3) is 10.8 Å². The maximum atomic E-state index is 12.8. The van der Waals surface area contributed by atoms with Crippen molar-refractivity contribution in [3.63, 3.8) is 0 Å². The second-order valence-electron chi connectivity index (χ2n) is 6.95. The first-order valence-electron chi connectivity index (χ1n) is 9.29. The van der Waals surface area contributed by atoms with Crippen LogP contribution in [-0.4, -0.2) is 33.7 Å². The van der Waals surface area contributed by atoms with Crippen molar-refractivity contribution in [1.29, 1.82) is 0 Å². The van der Waals surface area contributed by atoms with Crippen LogP contribution in [0.5, 0.6) is 5.75 Å². The quantitative estimate of drug-likeness (QED) is 0.595. The van der Waals surface area contributed by atoms with Gasteiger partial charge in [0.2, 0.25) is 15.9 Å². The van der Waals surface area contributed by atoms with Crippen LogP contribution in [0, 0.1) is 0 Å². The summed E-state index contributed by atoms with van der Waals surface area (Å²) in [6.07, 6.45) is 1.05. The summed E-state index contributed by atoms with van der Waals surface area (Å²) >= 11 is 6.15. The number of nitrogens with one attached hydrogen (secondary N) is 1. The van der Waals surface area contributed by atoms with Crippen LogP contribution in [-0.2, 0) is 21.4 Å². The maximum absolute atomic E-state index is 12.8. The first kappa shape index (κ1) is 21.9. The topological polar surface area (TPSA) is 75.7 Å². The van der Waals surface area contributed by atoms with Gasteiger partial charge in [0.1, 0.15) is 11.8 Å². The number of rotatable bonds is 7. The summed E-state index contributed by atoms with van der Waals surface area (Å²) in [7, 11) is -2.27. The fourth-order valence-electron chi connectivity index (χ4n) is 3.29. The lowest BCUT2D eigenvalue weighted by Gasteiger charge is -2.28. The molecule has 1 amide bonds. The summed E-state index contributed by atoms with van der Waals surface area (Å²) in [5, 5.41) is 5.26. The van der Waals surface area contributed by atoms with E-state index in [0.29, 0.717) is 5.75 Å². The van der Waals surface area contributed by atoms with Gasteiger partial charge in [0.05, 0.1) is 24.1 Å². The van der Waals surface area contributed by atoms with Crippen LogP contribution < -0.4 is 14.4 Å². The third kappa shape index (κ3) is 4.86. The number of hydrogen-bond acceptors (Lipinski definition) is 4. The zero-order valence-corrected chi connectivity index (χ0v) is 18.5. The molecule has 8 heteroatoms. The van der Waals surface area contributed by atoms with E-state index in [-0.39, 0.29) is 17.3 Å². The molecule has 0 aliphatic carbocycles. The lowest BCUT2D eigenvalue weighted by Crippen LogP contribution is -2.47. The highest BCUT2D eigenvalue weighted by molar-refractivity contribution is 7.92.